The quantitative estimate of drug-likeness (QED) is 0.368. The fraction of sp³-hybridized carbons (Fsp3) is 0.429. The normalized spacial score (nSPS) is 21.6. The number of benzene rings is 3. The van der Waals surface area contributed by atoms with Crippen molar-refractivity contribution < 1.29 is 19.1 Å². The van der Waals surface area contributed by atoms with Gasteiger partial charge in [0.05, 0.1) is 29.6 Å². The lowest BCUT2D eigenvalue weighted by Gasteiger charge is -2.39. The Hall–Kier alpha value is -3.84. The molecule has 42 heavy (non-hydrogen) atoms. The van der Waals surface area contributed by atoms with Gasteiger partial charge in [-0.15, -0.1) is 0 Å². The van der Waals surface area contributed by atoms with Crippen LogP contribution in [-0.2, 0) is 14.3 Å². The number of carbonyl (C=O) groups is 2. The lowest BCUT2D eigenvalue weighted by Crippen LogP contribution is -2.52. The maximum Gasteiger partial charge on any atom is 0.410 e. The van der Waals surface area contributed by atoms with Gasteiger partial charge in [0.2, 0.25) is 5.91 Å². The standard InChI is InChI=1S/C35H39N3O4/c1-35(2,3)42-24-20-32(33(39)37-19-18-36(23-16-17-23)30-14-8-9-15-31(30)37)38(21-24)34(40)41-22-29-27-12-6-4-10-25(27)26-11-5-7-13-28(26)29/h4-15,23-24,29,32H,16-22H2,1-3H3/t24-,32+/m1/s1. The van der Waals surface area contributed by atoms with Crippen LogP contribution in [0.3, 0.4) is 0 Å². The molecule has 2 aliphatic carbocycles. The van der Waals surface area contributed by atoms with E-state index in [9.17, 15) is 9.59 Å². The molecule has 7 rings (SSSR count). The topological polar surface area (TPSA) is 62.3 Å². The van der Waals surface area contributed by atoms with E-state index in [0.29, 0.717) is 25.6 Å². The SMILES string of the molecule is CC(C)(C)O[C@@H]1C[C@@H](C(=O)N2CCN(C3CC3)c3ccccc32)N(C(=O)OCC2c3ccccc3-c3ccccc32)C1. The van der Waals surface area contributed by atoms with Crippen LogP contribution in [0.4, 0.5) is 16.2 Å². The Morgan fingerprint density at radius 1 is 0.833 bits per heavy atom. The molecule has 1 saturated carbocycles. The van der Waals surface area contributed by atoms with Gasteiger partial charge in [0.25, 0.3) is 0 Å². The summed E-state index contributed by atoms with van der Waals surface area (Å²) in [4.78, 5) is 34.0. The molecule has 2 amide bonds. The molecule has 7 nitrogen and oxygen atoms in total. The van der Waals surface area contributed by atoms with E-state index in [2.05, 4.69) is 35.2 Å². The number of fused-ring (bicyclic) bond motifs is 4. The molecule has 7 heteroatoms. The lowest BCUT2D eigenvalue weighted by molar-refractivity contribution is -0.122. The number of hydrogen-bond acceptors (Lipinski definition) is 5. The van der Waals surface area contributed by atoms with E-state index in [1.54, 1.807) is 4.90 Å². The maximum absolute atomic E-state index is 14.3. The van der Waals surface area contributed by atoms with Gasteiger partial charge >= 0.3 is 6.09 Å². The van der Waals surface area contributed by atoms with Crippen LogP contribution < -0.4 is 9.80 Å². The molecule has 2 aliphatic heterocycles. The van der Waals surface area contributed by atoms with Gasteiger partial charge in [-0.25, -0.2) is 4.79 Å². The van der Waals surface area contributed by atoms with Gasteiger partial charge in [-0.1, -0.05) is 60.7 Å². The summed E-state index contributed by atoms with van der Waals surface area (Å²) < 4.78 is 12.4. The Morgan fingerprint density at radius 3 is 2.10 bits per heavy atom. The summed E-state index contributed by atoms with van der Waals surface area (Å²) in [6.45, 7) is 7.97. The van der Waals surface area contributed by atoms with Crippen molar-refractivity contribution in [1.82, 2.24) is 4.90 Å². The van der Waals surface area contributed by atoms with Crippen LogP contribution >= 0.6 is 0 Å². The Kier molecular flexibility index (Phi) is 6.73. The third kappa shape index (κ3) is 4.94. The number of para-hydroxylation sites is 2. The van der Waals surface area contributed by atoms with Crippen molar-refractivity contribution in [3.63, 3.8) is 0 Å². The number of nitrogens with zero attached hydrogens (tertiary/aromatic N) is 3. The van der Waals surface area contributed by atoms with E-state index in [1.165, 1.54) is 35.1 Å². The second-order valence-electron chi connectivity index (χ2n) is 13.0. The van der Waals surface area contributed by atoms with Crippen molar-refractivity contribution >= 4 is 23.4 Å². The first-order chi connectivity index (χ1) is 20.3. The Morgan fingerprint density at radius 2 is 1.45 bits per heavy atom. The number of likely N-dealkylation sites (tertiary alicyclic amines) is 1. The van der Waals surface area contributed by atoms with Gasteiger partial charge in [0, 0.05) is 31.5 Å². The molecule has 218 valence electrons. The van der Waals surface area contributed by atoms with Crippen molar-refractivity contribution in [2.45, 2.75) is 69.7 Å². The van der Waals surface area contributed by atoms with Gasteiger partial charge in [0.15, 0.2) is 0 Å². The molecule has 4 aliphatic rings. The van der Waals surface area contributed by atoms with Crippen molar-refractivity contribution in [3.8, 4) is 11.1 Å². The van der Waals surface area contributed by atoms with E-state index >= 15 is 0 Å². The average molecular weight is 566 g/mol. The molecule has 0 aromatic heterocycles. The van der Waals surface area contributed by atoms with E-state index in [-0.39, 0.29) is 24.5 Å². The second kappa shape index (κ2) is 10.5. The minimum Gasteiger partial charge on any atom is -0.448 e. The molecule has 0 radical (unpaired) electrons. The van der Waals surface area contributed by atoms with Crippen molar-refractivity contribution in [2.75, 3.05) is 36.0 Å². The smallest absolute Gasteiger partial charge is 0.410 e. The number of ether oxygens (including phenoxy) is 2. The molecule has 3 aromatic carbocycles. The highest BCUT2D eigenvalue weighted by atomic mass is 16.6. The number of rotatable bonds is 5. The van der Waals surface area contributed by atoms with E-state index in [0.717, 1.165) is 17.9 Å². The van der Waals surface area contributed by atoms with Crippen LogP contribution in [-0.4, -0.2) is 66.9 Å². The third-order valence-corrected chi connectivity index (χ3v) is 8.94. The zero-order chi connectivity index (χ0) is 29.0. The van der Waals surface area contributed by atoms with Crippen LogP contribution in [0.25, 0.3) is 11.1 Å². The largest absolute Gasteiger partial charge is 0.448 e. The number of carbonyl (C=O) groups excluding carboxylic acids is 2. The van der Waals surface area contributed by atoms with Gasteiger partial charge < -0.3 is 19.3 Å². The summed E-state index contributed by atoms with van der Waals surface area (Å²) in [5, 5.41) is 0. The highest BCUT2D eigenvalue weighted by Gasteiger charge is 2.46. The van der Waals surface area contributed by atoms with Crippen molar-refractivity contribution in [1.29, 1.82) is 0 Å². The number of anilines is 2. The zero-order valence-electron chi connectivity index (χ0n) is 24.7. The van der Waals surface area contributed by atoms with Gasteiger partial charge in [-0.3, -0.25) is 9.69 Å². The monoisotopic (exact) mass is 565 g/mol. The number of amides is 2. The highest BCUT2D eigenvalue weighted by molar-refractivity contribution is 6.02. The van der Waals surface area contributed by atoms with Crippen LogP contribution in [0.1, 0.15) is 57.1 Å². The summed E-state index contributed by atoms with van der Waals surface area (Å²) in [5.41, 5.74) is 6.34. The maximum atomic E-state index is 14.3. The third-order valence-electron chi connectivity index (χ3n) is 8.94. The van der Waals surface area contributed by atoms with Crippen LogP contribution in [0.15, 0.2) is 72.8 Å². The minimum absolute atomic E-state index is 0.0397. The molecule has 2 heterocycles. The summed E-state index contributed by atoms with van der Waals surface area (Å²) in [6.07, 6.45) is 2.15. The molecule has 0 unspecified atom stereocenters. The average Bonchev–Trinajstić information content (AvgIpc) is 3.67. The van der Waals surface area contributed by atoms with E-state index in [4.69, 9.17) is 9.47 Å². The van der Waals surface area contributed by atoms with Gasteiger partial charge in [-0.2, -0.15) is 0 Å². The van der Waals surface area contributed by atoms with Crippen LogP contribution in [0.5, 0.6) is 0 Å². The Labute approximate surface area is 248 Å². The first kappa shape index (κ1) is 27.0. The summed E-state index contributed by atoms with van der Waals surface area (Å²) in [5.74, 6) is -0.103. The lowest BCUT2D eigenvalue weighted by atomic mass is 9.98. The van der Waals surface area contributed by atoms with Crippen molar-refractivity contribution in [2.24, 2.45) is 0 Å². The summed E-state index contributed by atoms with van der Waals surface area (Å²) >= 11 is 0. The first-order valence-corrected chi connectivity index (χ1v) is 15.2. The molecule has 0 spiro atoms. The molecule has 2 fully saturated rings. The van der Waals surface area contributed by atoms with Gasteiger partial charge in [-0.05, 0) is 68.0 Å². The molecule has 0 N–H and O–H groups in total. The highest BCUT2D eigenvalue weighted by Crippen LogP contribution is 2.45. The van der Waals surface area contributed by atoms with Crippen LogP contribution in [0.2, 0.25) is 0 Å². The predicted molar refractivity (Wildman–Crippen MR) is 164 cm³/mol. The zero-order valence-corrected chi connectivity index (χ0v) is 24.7. The first-order valence-electron chi connectivity index (χ1n) is 15.2. The van der Waals surface area contributed by atoms with Crippen LogP contribution in [0, 0.1) is 0 Å². The summed E-state index contributed by atoms with van der Waals surface area (Å²) in [6, 6.07) is 24.7. The fourth-order valence-electron chi connectivity index (χ4n) is 7.05. The van der Waals surface area contributed by atoms with E-state index < -0.39 is 17.7 Å². The minimum atomic E-state index is -0.645. The fourth-order valence-corrected chi connectivity index (χ4v) is 7.05. The molecule has 2 atom stereocenters. The van der Waals surface area contributed by atoms with Gasteiger partial charge in [0.1, 0.15) is 12.6 Å². The molecule has 3 aromatic rings. The Balaban J connectivity index is 1.13. The molecule has 0 bridgehead atoms. The predicted octanol–water partition coefficient (Wildman–Crippen LogP) is 6.21. The molecular formula is C35H39N3O4. The Bertz CT molecular complexity index is 1460. The molecular weight excluding hydrogens is 526 g/mol. The van der Waals surface area contributed by atoms with E-state index in [1.807, 2.05) is 68.1 Å². The number of hydrogen-bond donors (Lipinski definition) is 0. The van der Waals surface area contributed by atoms with Crippen molar-refractivity contribution in [3.05, 3.63) is 83.9 Å². The summed E-state index contributed by atoms with van der Waals surface area (Å²) in [7, 11) is 0. The molecule has 1 saturated heterocycles. The second-order valence-corrected chi connectivity index (χ2v) is 13.0.